The Morgan fingerprint density at radius 2 is 1.73 bits per heavy atom. The summed E-state index contributed by atoms with van der Waals surface area (Å²) >= 11 is 5.62. The van der Waals surface area contributed by atoms with Crippen molar-refractivity contribution in [3.05, 3.63) is 18.6 Å². The van der Waals surface area contributed by atoms with E-state index in [0.29, 0.717) is 82.5 Å². The van der Waals surface area contributed by atoms with Gasteiger partial charge in [-0.05, 0) is 51.4 Å². The van der Waals surface area contributed by atoms with Crippen LogP contribution < -0.4 is 15.5 Å². The third kappa shape index (κ3) is 11.4. The molecule has 1 aliphatic rings. The lowest BCUT2D eigenvalue weighted by atomic mass is 9.92. The minimum Gasteiger partial charge on any atom is -0.444 e. The van der Waals surface area contributed by atoms with Crippen molar-refractivity contribution >= 4 is 46.2 Å². The molecule has 1 fully saturated rings. The molecule has 0 bridgehead atoms. The average Bonchev–Trinajstić information content (AvgIpc) is 3.43. The Balaban J connectivity index is 1.34. The molecule has 0 aromatic carbocycles. The van der Waals surface area contributed by atoms with Crippen LogP contribution in [-0.2, 0) is 23.7 Å². The Bertz CT molecular complexity index is 1310. The van der Waals surface area contributed by atoms with Gasteiger partial charge in [0.15, 0.2) is 10.8 Å². The smallest absolute Gasteiger partial charge is 0.407 e. The summed E-state index contributed by atoms with van der Waals surface area (Å²) in [5, 5.41) is 16.1. The van der Waals surface area contributed by atoms with E-state index < -0.39 is 11.7 Å². The number of piperidine rings is 1. The number of anilines is 1. The number of thiocarbonyl (C=S) groups is 1. The molecule has 14 nitrogen and oxygen atoms in total. The molecule has 15 heteroatoms. The highest BCUT2D eigenvalue weighted by Gasteiger charge is 2.32. The second-order valence-corrected chi connectivity index (χ2v) is 12.1. The Hall–Kier alpha value is -3.58. The number of carbonyl (C=O) groups is 2. The quantitative estimate of drug-likeness (QED) is 0.215. The van der Waals surface area contributed by atoms with Crippen molar-refractivity contribution in [2.24, 2.45) is 5.92 Å². The number of nitrogens with one attached hydrogen (secondary N) is 2. The Kier molecular flexibility index (Phi) is 14.2. The summed E-state index contributed by atoms with van der Waals surface area (Å²) in [5.74, 6) is 0.969. The standard InChI is InChI=1S/C30H46N8O6S/c1-22-7-12-37(25(39)6-9-31)20-24(22)36(5)26-23-8-13-38(27(23)35-21-34-26)28(45)32-10-14-41-16-18-43-19-17-42-15-11-33-29(40)44-30(2,3)4/h8,13,21-22,24H,6-7,10-12,14-20H2,1-5H3,(H,32,45)(H,33,40)/t22-,24+/m1/s1. The summed E-state index contributed by atoms with van der Waals surface area (Å²) in [7, 11) is 1.98. The van der Waals surface area contributed by atoms with E-state index in [0.717, 1.165) is 17.6 Å². The molecule has 3 rings (SSSR count). The summed E-state index contributed by atoms with van der Waals surface area (Å²) < 4.78 is 23.5. The highest BCUT2D eigenvalue weighted by molar-refractivity contribution is 7.80. The second kappa shape index (κ2) is 17.8. The highest BCUT2D eigenvalue weighted by Crippen LogP contribution is 2.29. The molecule has 2 N–H and O–H groups in total. The first-order chi connectivity index (χ1) is 21.5. The van der Waals surface area contributed by atoms with Gasteiger partial charge in [-0.3, -0.25) is 9.36 Å². The van der Waals surface area contributed by atoms with E-state index in [4.69, 9.17) is 36.4 Å². The number of likely N-dealkylation sites (tertiary alicyclic amines) is 1. The first-order valence-corrected chi connectivity index (χ1v) is 15.6. The van der Waals surface area contributed by atoms with Gasteiger partial charge in [0.2, 0.25) is 5.91 Å². The van der Waals surface area contributed by atoms with E-state index in [9.17, 15) is 9.59 Å². The van der Waals surface area contributed by atoms with Gasteiger partial charge in [0.1, 0.15) is 24.2 Å². The first-order valence-electron chi connectivity index (χ1n) is 15.2. The van der Waals surface area contributed by atoms with Crippen molar-refractivity contribution in [2.45, 2.75) is 52.2 Å². The van der Waals surface area contributed by atoms with Crippen LogP contribution >= 0.6 is 12.2 Å². The van der Waals surface area contributed by atoms with Gasteiger partial charge in [0, 0.05) is 39.4 Å². The van der Waals surface area contributed by atoms with Crippen molar-refractivity contribution in [3.63, 3.8) is 0 Å². The van der Waals surface area contributed by atoms with Crippen LogP contribution in [-0.4, -0.2) is 121 Å². The molecule has 1 saturated heterocycles. The van der Waals surface area contributed by atoms with Gasteiger partial charge in [-0.2, -0.15) is 5.26 Å². The zero-order valence-corrected chi connectivity index (χ0v) is 27.7. The van der Waals surface area contributed by atoms with Crippen molar-refractivity contribution < 1.29 is 28.5 Å². The number of alkyl carbamates (subject to hydrolysis) is 1. The zero-order chi connectivity index (χ0) is 32.8. The number of likely N-dealkylation sites (N-methyl/N-ethyl adjacent to an activating group) is 1. The van der Waals surface area contributed by atoms with Gasteiger partial charge >= 0.3 is 6.09 Å². The van der Waals surface area contributed by atoms with Crippen LogP contribution in [0, 0.1) is 17.2 Å². The Morgan fingerprint density at radius 1 is 1.09 bits per heavy atom. The molecule has 2 aromatic rings. The monoisotopic (exact) mass is 646 g/mol. The van der Waals surface area contributed by atoms with E-state index >= 15 is 0 Å². The van der Waals surface area contributed by atoms with E-state index in [-0.39, 0.29) is 18.4 Å². The minimum absolute atomic E-state index is 0.0506. The van der Waals surface area contributed by atoms with E-state index in [2.05, 4.69) is 32.4 Å². The Morgan fingerprint density at radius 3 is 2.38 bits per heavy atom. The van der Waals surface area contributed by atoms with Crippen molar-refractivity contribution in [1.29, 1.82) is 5.26 Å². The number of nitrogens with zero attached hydrogens (tertiary/aromatic N) is 6. The van der Waals surface area contributed by atoms with Gasteiger partial charge in [-0.1, -0.05) is 6.92 Å². The fourth-order valence-corrected chi connectivity index (χ4v) is 5.15. The Labute approximate surface area is 270 Å². The number of fused-ring (bicyclic) bond motifs is 1. The van der Waals surface area contributed by atoms with Crippen molar-refractivity contribution in [3.8, 4) is 6.07 Å². The lowest BCUT2D eigenvalue weighted by Crippen LogP contribution is -2.52. The third-order valence-electron chi connectivity index (χ3n) is 7.19. The van der Waals surface area contributed by atoms with E-state index in [1.807, 2.05) is 50.7 Å². The van der Waals surface area contributed by atoms with Crippen LogP contribution in [0.1, 0.15) is 40.5 Å². The first kappa shape index (κ1) is 35.9. The lowest BCUT2D eigenvalue weighted by molar-refractivity contribution is -0.131. The molecular weight excluding hydrogens is 600 g/mol. The van der Waals surface area contributed by atoms with E-state index in [1.165, 1.54) is 6.33 Å². The van der Waals surface area contributed by atoms with Gasteiger partial charge in [0.25, 0.3) is 0 Å². The fraction of sp³-hybridized carbons (Fsp3) is 0.667. The van der Waals surface area contributed by atoms with Gasteiger partial charge in [0.05, 0.1) is 57.1 Å². The molecule has 1 aliphatic heterocycles. The fourth-order valence-electron chi connectivity index (χ4n) is 4.90. The molecule has 0 unspecified atom stereocenters. The second-order valence-electron chi connectivity index (χ2n) is 11.7. The molecule has 3 heterocycles. The van der Waals surface area contributed by atoms with Gasteiger partial charge < -0.3 is 39.4 Å². The van der Waals surface area contributed by atoms with Crippen molar-refractivity contribution in [1.82, 2.24) is 30.1 Å². The maximum absolute atomic E-state index is 12.4. The molecule has 2 atom stereocenters. The summed E-state index contributed by atoms with van der Waals surface area (Å²) in [6.07, 6.45) is 3.67. The molecule has 0 radical (unpaired) electrons. The van der Waals surface area contributed by atoms with Crippen LogP contribution in [0.3, 0.4) is 0 Å². The molecule has 0 aliphatic carbocycles. The molecule has 0 saturated carbocycles. The number of hydrogen-bond donors (Lipinski definition) is 2. The number of amides is 2. The lowest BCUT2D eigenvalue weighted by Gasteiger charge is -2.42. The van der Waals surface area contributed by atoms with Crippen LogP contribution in [0.15, 0.2) is 18.6 Å². The maximum Gasteiger partial charge on any atom is 0.407 e. The van der Waals surface area contributed by atoms with E-state index in [1.54, 1.807) is 4.90 Å². The van der Waals surface area contributed by atoms with Gasteiger partial charge in [-0.25, -0.2) is 14.8 Å². The maximum atomic E-state index is 12.4. The number of carbonyl (C=O) groups excluding carboxylic acids is 2. The molecule has 2 aromatic heterocycles. The summed E-state index contributed by atoms with van der Waals surface area (Å²) in [4.78, 5) is 36.9. The SMILES string of the molecule is C[C@@H]1CCN(C(=O)CC#N)C[C@@H]1N(C)c1ncnc2c1ccn2C(=S)NCCOCCOCCOCCNC(=O)OC(C)(C)C. The van der Waals surface area contributed by atoms with Gasteiger partial charge in [-0.15, -0.1) is 0 Å². The number of ether oxygens (including phenoxy) is 4. The zero-order valence-electron chi connectivity index (χ0n) is 26.9. The average molecular weight is 647 g/mol. The number of rotatable bonds is 15. The van der Waals surface area contributed by atoms with Crippen LogP contribution in [0.5, 0.6) is 0 Å². The van der Waals surface area contributed by atoms with Crippen molar-refractivity contribution in [2.75, 3.05) is 77.8 Å². The summed E-state index contributed by atoms with van der Waals surface area (Å²) in [6.45, 7) is 12.2. The third-order valence-corrected chi connectivity index (χ3v) is 7.53. The highest BCUT2D eigenvalue weighted by atomic mass is 32.1. The molecule has 0 spiro atoms. The topological polar surface area (TPSA) is 156 Å². The van der Waals surface area contributed by atoms with Crippen LogP contribution in [0.4, 0.5) is 10.6 Å². The normalized spacial score (nSPS) is 16.7. The molecule has 2 amide bonds. The predicted molar refractivity (Wildman–Crippen MR) is 173 cm³/mol. The predicted octanol–water partition coefficient (Wildman–Crippen LogP) is 2.32. The van der Waals surface area contributed by atoms with Crippen LogP contribution in [0.25, 0.3) is 11.0 Å². The number of aromatic nitrogens is 3. The molecule has 248 valence electrons. The largest absolute Gasteiger partial charge is 0.444 e. The molecule has 45 heavy (non-hydrogen) atoms. The number of hydrogen-bond acceptors (Lipinski definition) is 11. The van der Waals surface area contributed by atoms with Crippen LogP contribution in [0.2, 0.25) is 0 Å². The number of nitriles is 1. The summed E-state index contributed by atoms with van der Waals surface area (Å²) in [6, 6.07) is 3.95. The molecular formula is C30H46N8O6S. The summed E-state index contributed by atoms with van der Waals surface area (Å²) in [5.41, 5.74) is 0.156. The minimum atomic E-state index is -0.526.